The van der Waals surface area contributed by atoms with E-state index < -0.39 is 5.97 Å². The van der Waals surface area contributed by atoms with Gasteiger partial charge in [-0.05, 0) is 43.2 Å². The minimum Gasteiger partial charge on any atom is -0.478 e. The van der Waals surface area contributed by atoms with Crippen molar-refractivity contribution in [3.63, 3.8) is 0 Å². The number of aromatic carboxylic acids is 1. The minimum atomic E-state index is -1.04. The standard InChI is InChI=1S/C16H12BrFN4O2S/c17-8-4-10(16(23)24)13-11(5-8)19-15(20-13)14-9-2-6-1-7(6)3-12(9)22(21-14)25-18/h4-7H,1-3H2,(H,19,20)(H,23,24). The van der Waals surface area contributed by atoms with Crippen molar-refractivity contribution in [2.24, 2.45) is 11.8 Å². The van der Waals surface area contributed by atoms with E-state index >= 15 is 0 Å². The number of hydrogen-bond acceptors (Lipinski definition) is 4. The molecule has 2 aromatic heterocycles. The Morgan fingerprint density at radius 3 is 2.96 bits per heavy atom. The van der Waals surface area contributed by atoms with Gasteiger partial charge in [-0.15, -0.1) is 3.89 Å². The van der Waals surface area contributed by atoms with E-state index in [9.17, 15) is 13.8 Å². The maximum absolute atomic E-state index is 13.3. The molecule has 9 heteroatoms. The Hall–Kier alpha value is -1.87. The number of fused-ring (bicyclic) bond motifs is 3. The molecule has 0 radical (unpaired) electrons. The summed E-state index contributed by atoms with van der Waals surface area (Å²) in [5.41, 5.74) is 3.66. The zero-order valence-electron chi connectivity index (χ0n) is 12.8. The summed E-state index contributed by atoms with van der Waals surface area (Å²) < 4.78 is 15.3. The van der Waals surface area contributed by atoms with Gasteiger partial charge in [0.05, 0.1) is 16.8 Å². The molecule has 2 aliphatic carbocycles. The van der Waals surface area contributed by atoms with Crippen LogP contribution in [0.15, 0.2) is 16.6 Å². The SMILES string of the molecule is O=C(O)c1cc(Br)cc2[nH]c(-c3nn(SF)c4c3CC3CC3C4)nc12. The van der Waals surface area contributed by atoms with Gasteiger partial charge in [-0.2, -0.15) is 9.19 Å². The summed E-state index contributed by atoms with van der Waals surface area (Å²) in [5, 5.41) is 13.8. The molecule has 2 aliphatic rings. The highest BCUT2D eigenvalue weighted by molar-refractivity contribution is 9.10. The molecule has 2 unspecified atom stereocenters. The molecule has 1 saturated carbocycles. The van der Waals surface area contributed by atoms with Crippen LogP contribution in [-0.2, 0) is 12.8 Å². The Balaban J connectivity index is 1.71. The van der Waals surface area contributed by atoms with Crippen molar-refractivity contribution in [3.05, 3.63) is 33.4 Å². The van der Waals surface area contributed by atoms with Gasteiger partial charge in [0.25, 0.3) is 0 Å². The van der Waals surface area contributed by atoms with Crippen LogP contribution < -0.4 is 0 Å². The van der Waals surface area contributed by atoms with Crippen molar-refractivity contribution in [2.75, 3.05) is 0 Å². The lowest BCUT2D eigenvalue weighted by molar-refractivity contribution is 0.0699. The first kappa shape index (κ1) is 15.4. The molecule has 1 aromatic carbocycles. The average molecular weight is 423 g/mol. The number of carboxylic acid groups (broad SMARTS) is 1. The first-order valence-electron chi connectivity index (χ1n) is 7.88. The third kappa shape index (κ3) is 2.32. The van der Waals surface area contributed by atoms with Gasteiger partial charge < -0.3 is 10.1 Å². The second-order valence-electron chi connectivity index (χ2n) is 6.62. The van der Waals surface area contributed by atoms with Gasteiger partial charge in [-0.1, -0.05) is 15.9 Å². The lowest BCUT2D eigenvalue weighted by atomic mass is 9.96. The molecule has 2 heterocycles. The number of hydrogen-bond donors (Lipinski definition) is 2. The second-order valence-corrected chi connectivity index (χ2v) is 8.02. The molecule has 2 N–H and O–H groups in total. The smallest absolute Gasteiger partial charge is 0.338 e. The van der Waals surface area contributed by atoms with E-state index in [2.05, 4.69) is 31.0 Å². The van der Waals surface area contributed by atoms with Crippen molar-refractivity contribution in [1.82, 2.24) is 19.2 Å². The molecule has 1 fully saturated rings. The maximum atomic E-state index is 13.3. The summed E-state index contributed by atoms with van der Waals surface area (Å²) in [5.74, 6) is 0.741. The molecule has 0 spiro atoms. The van der Waals surface area contributed by atoms with E-state index in [0.717, 1.165) is 24.1 Å². The van der Waals surface area contributed by atoms with Crippen LogP contribution in [0.4, 0.5) is 3.89 Å². The van der Waals surface area contributed by atoms with E-state index in [0.29, 0.717) is 38.9 Å². The van der Waals surface area contributed by atoms with Gasteiger partial charge in [0.15, 0.2) is 18.2 Å². The number of carboxylic acids is 1. The molecule has 128 valence electrons. The summed E-state index contributed by atoms with van der Waals surface area (Å²) in [7, 11) is 0. The number of nitrogens with one attached hydrogen (secondary N) is 1. The van der Waals surface area contributed by atoms with E-state index in [4.69, 9.17) is 0 Å². The number of aromatic nitrogens is 4. The Morgan fingerprint density at radius 2 is 2.20 bits per heavy atom. The number of rotatable bonds is 3. The first-order valence-corrected chi connectivity index (χ1v) is 9.34. The highest BCUT2D eigenvalue weighted by atomic mass is 79.9. The van der Waals surface area contributed by atoms with Crippen molar-refractivity contribution < 1.29 is 13.8 Å². The summed E-state index contributed by atoms with van der Waals surface area (Å²) >= 11 is 3.42. The number of H-pyrrole nitrogens is 1. The Bertz CT molecular complexity index is 1050. The normalized spacial score (nSPS) is 21.2. The van der Waals surface area contributed by atoms with Gasteiger partial charge in [-0.3, -0.25) is 0 Å². The van der Waals surface area contributed by atoms with Crippen LogP contribution in [0, 0.1) is 11.8 Å². The van der Waals surface area contributed by atoms with Crippen LogP contribution in [0.5, 0.6) is 0 Å². The molecule has 0 aliphatic heterocycles. The average Bonchev–Trinajstić information content (AvgIpc) is 3.06. The molecule has 0 bridgehead atoms. The fourth-order valence-electron chi connectivity index (χ4n) is 3.81. The van der Waals surface area contributed by atoms with Crippen LogP contribution in [0.1, 0.15) is 28.0 Å². The number of nitrogens with zero attached hydrogens (tertiary/aromatic N) is 3. The maximum Gasteiger partial charge on any atom is 0.338 e. The van der Waals surface area contributed by atoms with Crippen molar-refractivity contribution in [3.8, 4) is 11.5 Å². The van der Waals surface area contributed by atoms with Gasteiger partial charge in [0.2, 0.25) is 0 Å². The van der Waals surface area contributed by atoms with Gasteiger partial charge in [-0.25, -0.2) is 9.78 Å². The monoisotopic (exact) mass is 422 g/mol. The van der Waals surface area contributed by atoms with Crippen molar-refractivity contribution in [1.29, 1.82) is 0 Å². The summed E-state index contributed by atoms with van der Waals surface area (Å²) in [6.07, 6.45) is 2.90. The van der Waals surface area contributed by atoms with E-state index in [1.54, 1.807) is 6.07 Å². The molecule has 0 saturated heterocycles. The highest BCUT2D eigenvalue weighted by Gasteiger charge is 2.44. The zero-order chi connectivity index (χ0) is 17.3. The van der Waals surface area contributed by atoms with Crippen LogP contribution in [-0.4, -0.2) is 30.2 Å². The van der Waals surface area contributed by atoms with E-state index in [-0.39, 0.29) is 17.9 Å². The zero-order valence-corrected chi connectivity index (χ0v) is 15.2. The molecule has 25 heavy (non-hydrogen) atoms. The molecule has 3 aromatic rings. The number of carbonyl (C=O) groups is 1. The molecule has 0 amide bonds. The Labute approximate surface area is 154 Å². The van der Waals surface area contributed by atoms with E-state index in [1.165, 1.54) is 16.6 Å². The molecule has 2 atom stereocenters. The van der Waals surface area contributed by atoms with Gasteiger partial charge >= 0.3 is 5.97 Å². The predicted molar refractivity (Wildman–Crippen MR) is 95.1 cm³/mol. The molecule has 6 nitrogen and oxygen atoms in total. The Morgan fingerprint density at radius 1 is 1.40 bits per heavy atom. The fourth-order valence-corrected chi connectivity index (χ4v) is 4.64. The largest absolute Gasteiger partial charge is 0.478 e. The number of halogens is 2. The van der Waals surface area contributed by atoms with Crippen LogP contribution in [0.2, 0.25) is 0 Å². The Kier molecular flexibility index (Phi) is 3.27. The quantitative estimate of drug-likeness (QED) is 0.666. The van der Waals surface area contributed by atoms with E-state index in [1.807, 2.05) is 0 Å². The minimum absolute atomic E-state index is 0.0991. The lowest BCUT2D eigenvalue weighted by Crippen LogP contribution is -2.07. The van der Waals surface area contributed by atoms with Crippen molar-refractivity contribution >= 4 is 45.3 Å². The first-order chi connectivity index (χ1) is 12.0. The summed E-state index contributed by atoms with van der Waals surface area (Å²) in [4.78, 5) is 19.1. The molecular formula is C16H12BrFN4O2S. The predicted octanol–water partition coefficient (Wildman–Crippen LogP) is 4.00. The van der Waals surface area contributed by atoms with Gasteiger partial charge in [0, 0.05) is 10.0 Å². The summed E-state index contributed by atoms with van der Waals surface area (Å²) in [6, 6.07) is 3.30. The van der Waals surface area contributed by atoms with Crippen LogP contribution in [0.25, 0.3) is 22.6 Å². The number of benzene rings is 1. The lowest BCUT2D eigenvalue weighted by Gasteiger charge is -2.11. The number of aromatic amines is 1. The molecule has 5 rings (SSSR count). The summed E-state index contributed by atoms with van der Waals surface area (Å²) in [6.45, 7) is 0. The number of imidazole rings is 1. The third-order valence-corrected chi connectivity index (χ3v) is 6.01. The van der Waals surface area contributed by atoms with Crippen LogP contribution >= 0.6 is 28.3 Å². The van der Waals surface area contributed by atoms with Crippen molar-refractivity contribution in [2.45, 2.75) is 19.3 Å². The second kappa shape index (κ2) is 5.31. The van der Waals surface area contributed by atoms with Crippen LogP contribution in [0.3, 0.4) is 0 Å². The highest BCUT2D eigenvalue weighted by Crippen LogP contribution is 2.50. The van der Waals surface area contributed by atoms with Gasteiger partial charge in [0.1, 0.15) is 11.2 Å². The molecular weight excluding hydrogens is 411 g/mol. The third-order valence-electron chi connectivity index (χ3n) is 5.12. The topological polar surface area (TPSA) is 83.8 Å². The fraction of sp³-hybridized carbons (Fsp3) is 0.312.